The number of rotatable bonds is 4. The second kappa shape index (κ2) is 4.68. The molecule has 2 atom stereocenters. The first-order valence-electron chi connectivity index (χ1n) is 6.96. The standard InChI is InChI=1S/C13H16N6O2/c14-13-17-11(16-7-1-2-7)10-12(18-13)19(6-15-10)9-4-3-8(5-20)21-9/h3-4,6-9,20H,1-2,5H2,(H3,14,16,17,18)/t8-,9+/m0/s1. The fourth-order valence-corrected chi connectivity index (χ4v) is 2.39. The smallest absolute Gasteiger partial charge is 0.224 e. The number of imidazole rings is 1. The van der Waals surface area contributed by atoms with Crippen LogP contribution in [0.5, 0.6) is 0 Å². The van der Waals surface area contributed by atoms with E-state index in [1.807, 2.05) is 12.2 Å². The summed E-state index contributed by atoms with van der Waals surface area (Å²) < 4.78 is 7.47. The maximum atomic E-state index is 9.13. The summed E-state index contributed by atoms with van der Waals surface area (Å²) in [7, 11) is 0. The van der Waals surface area contributed by atoms with E-state index in [-0.39, 0.29) is 24.9 Å². The Morgan fingerprint density at radius 1 is 1.38 bits per heavy atom. The van der Waals surface area contributed by atoms with Crippen LogP contribution >= 0.6 is 0 Å². The van der Waals surface area contributed by atoms with Crippen LogP contribution in [0.25, 0.3) is 11.2 Å². The predicted molar refractivity (Wildman–Crippen MR) is 76.5 cm³/mol. The van der Waals surface area contributed by atoms with Crippen LogP contribution < -0.4 is 11.1 Å². The van der Waals surface area contributed by atoms with Crippen LogP contribution in [0.3, 0.4) is 0 Å². The Hall–Kier alpha value is -2.19. The second-order valence-electron chi connectivity index (χ2n) is 5.31. The van der Waals surface area contributed by atoms with Gasteiger partial charge in [0.15, 0.2) is 23.2 Å². The molecule has 0 saturated heterocycles. The number of ether oxygens (including phenoxy) is 1. The van der Waals surface area contributed by atoms with E-state index in [1.165, 1.54) is 0 Å². The van der Waals surface area contributed by atoms with Gasteiger partial charge in [-0.25, -0.2) is 4.98 Å². The molecule has 4 N–H and O–H groups in total. The Labute approximate surface area is 120 Å². The van der Waals surface area contributed by atoms with Crippen molar-refractivity contribution in [1.29, 1.82) is 0 Å². The molecule has 0 spiro atoms. The van der Waals surface area contributed by atoms with Crippen LogP contribution in [-0.2, 0) is 4.74 Å². The Kier molecular flexibility index (Phi) is 2.79. The normalized spacial score (nSPS) is 24.8. The average molecular weight is 288 g/mol. The van der Waals surface area contributed by atoms with E-state index >= 15 is 0 Å². The third-order valence-corrected chi connectivity index (χ3v) is 3.62. The molecule has 2 aromatic rings. The molecule has 21 heavy (non-hydrogen) atoms. The van der Waals surface area contributed by atoms with E-state index < -0.39 is 0 Å². The van der Waals surface area contributed by atoms with Crippen LogP contribution in [0.4, 0.5) is 11.8 Å². The molecule has 1 aliphatic carbocycles. The first-order valence-corrected chi connectivity index (χ1v) is 6.96. The Morgan fingerprint density at radius 2 is 2.24 bits per heavy atom. The van der Waals surface area contributed by atoms with Gasteiger partial charge in [0.1, 0.15) is 6.10 Å². The van der Waals surface area contributed by atoms with Gasteiger partial charge in [-0.15, -0.1) is 0 Å². The van der Waals surface area contributed by atoms with Crippen molar-refractivity contribution in [3.8, 4) is 0 Å². The number of anilines is 2. The average Bonchev–Trinajstić information content (AvgIpc) is 3.01. The van der Waals surface area contributed by atoms with Gasteiger partial charge in [0.2, 0.25) is 5.95 Å². The molecule has 0 unspecified atom stereocenters. The highest BCUT2D eigenvalue weighted by atomic mass is 16.5. The molecule has 1 fully saturated rings. The van der Waals surface area contributed by atoms with Crippen molar-refractivity contribution in [3.05, 3.63) is 18.5 Å². The van der Waals surface area contributed by atoms with E-state index in [2.05, 4.69) is 20.3 Å². The highest BCUT2D eigenvalue weighted by Crippen LogP contribution is 2.30. The lowest BCUT2D eigenvalue weighted by molar-refractivity contribution is -0.00638. The highest BCUT2D eigenvalue weighted by Gasteiger charge is 2.26. The van der Waals surface area contributed by atoms with Crippen LogP contribution in [0.15, 0.2) is 18.5 Å². The summed E-state index contributed by atoms with van der Waals surface area (Å²) in [6.45, 7) is -0.0504. The molecular formula is C13H16N6O2. The lowest BCUT2D eigenvalue weighted by Gasteiger charge is -2.14. The number of aliphatic hydroxyl groups is 1. The van der Waals surface area contributed by atoms with Gasteiger partial charge in [-0.05, 0) is 18.9 Å². The first kappa shape index (κ1) is 12.5. The minimum absolute atomic E-state index is 0.0504. The fraction of sp³-hybridized carbons (Fsp3) is 0.462. The quantitative estimate of drug-likeness (QED) is 0.699. The van der Waals surface area contributed by atoms with Gasteiger partial charge in [-0.2, -0.15) is 9.97 Å². The maximum Gasteiger partial charge on any atom is 0.224 e. The summed E-state index contributed by atoms with van der Waals surface area (Å²) in [5, 5.41) is 12.4. The molecule has 8 heteroatoms. The van der Waals surface area contributed by atoms with Crippen molar-refractivity contribution in [1.82, 2.24) is 19.5 Å². The van der Waals surface area contributed by atoms with Gasteiger partial charge < -0.3 is 20.9 Å². The molecule has 3 heterocycles. The lowest BCUT2D eigenvalue weighted by Crippen LogP contribution is -2.15. The number of aliphatic hydroxyl groups excluding tert-OH is 1. The maximum absolute atomic E-state index is 9.13. The predicted octanol–water partition coefficient (Wildman–Crippen LogP) is 0.429. The third kappa shape index (κ3) is 2.22. The zero-order valence-corrected chi connectivity index (χ0v) is 11.3. The molecule has 110 valence electrons. The molecule has 8 nitrogen and oxygen atoms in total. The summed E-state index contributed by atoms with van der Waals surface area (Å²) in [5.74, 6) is 0.868. The molecule has 1 aliphatic heterocycles. The summed E-state index contributed by atoms with van der Waals surface area (Å²) >= 11 is 0. The van der Waals surface area contributed by atoms with E-state index in [1.54, 1.807) is 10.9 Å². The minimum Gasteiger partial charge on any atom is -0.393 e. The molecule has 2 aliphatic rings. The third-order valence-electron chi connectivity index (χ3n) is 3.62. The number of nitrogens with one attached hydrogen (secondary N) is 1. The van der Waals surface area contributed by atoms with Crippen LogP contribution in [-0.4, -0.2) is 43.4 Å². The number of nitrogens with two attached hydrogens (primary N) is 1. The van der Waals surface area contributed by atoms with Crippen molar-refractivity contribution in [2.45, 2.75) is 31.2 Å². The van der Waals surface area contributed by atoms with Crippen molar-refractivity contribution in [2.75, 3.05) is 17.7 Å². The number of nitrogens with zero attached hydrogens (tertiary/aromatic N) is 4. The lowest BCUT2D eigenvalue weighted by atomic mass is 10.4. The van der Waals surface area contributed by atoms with Crippen molar-refractivity contribution in [2.24, 2.45) is 0 Å². The Bertz CT molecular complexity index is 708. The van der Waals surface area contributed by atoms with Crippen LogP contribution in [0.2, 0.25) is 0 Å². The number of hydrogen-bond donors (Lipinski definition) is 3. The second-order valence-corrected chi connectivity index (χ2v) is 5.31. The molecule has 0 bridgehead atoms. The molecular weight excluding hydrogens is 272 g/mol. The van der Waals surface area contributed by atoms with Gasteiger partial charge in [0.25, 0.3) is 0 Å². The Balaban J connectivity index is 1.73. The van der Waals surface area contributed by atoms with Crippen molar-refractivity contribution < 1.29 is 9.84 Å². The summed E-state index contributed by atoms with van der Waals surface area (Å²) in [4.78, 5) is 12.9. The van der Waals surface area contributed by atoms with E-state index in [0.29, 0.717) is 23.0 Å². The Morgan fingerprint density at radius 3 is 2.95 bits per heavy atom. The van der Waals surface area contributed by atoms with Crippen molar-refractivity contribution >= 4 is 22.9 Å². The van der Waals surface area contributed by atoms with Gasteiger partial charge in [-0.3, -0.25) is 4.57 Å². The number of aromatic nitrogens is 4. The van der Waals surface area contributed by atoms with E-state index in [0.717, 1.165) is 12.8 Å². The van der Waals surface area contributed by atoms with Gasteiger partial charge in [0.05, 0.1) is 12.9 Å². The van der Waals surface area contributed by atoms with Crippen molar-refractivity contribution in [3.63, 3.8) is 0 Å². The summed E-state index contributed by atoms with van der Waals surface area (Å²) in [6, 6.07) is 0.453. The number of nitrogen functional groups attached to an aromatic ring is 1. The summed E-state index contributed by atoms with van der Waals surface area (Å²) in [6.07, 6.45) is 6.99. The molecule has 0 radical (unpaired) electrons. The molecule has 0 amide bonds. The highest BCUT2D eigenvalue weighted by molar-refractivity contribution is 5.84. The van der Waals surface area contributed by atoms with E-state index in [4.69, 9.17) is 15.6 Å². The monoisotopic (exact) mass is 288 g/mol. The van der Waals surface area contributed by atoms with Gasteiger partial charge >= 0.3 is 0 Å². The molecule has 4 rings (SSSR count). The first-order chi connectivity index (χ1) is 10.2. The van der Waals surface area contributed by atoms with E-state index in [9.17, 15) is 0 Å². The fourth-order valence-electron chi connectivity index (χ4n) is 2.39. The number of fused-ring (bicyclic) bond motifs is 1. The molecule has 2 aromatic heterocycles. The van der Waals surface area contributed by atoms with Crippen LogP contribution in [0.1, 0.15) is 19.1 Å². The number of hydrogen-bond acceptors (Lipinski definition) is 7. The minimum atomic E-state index is -0.338. The zero-order chi connectivity index (χ0) is 14.4. The largest absolute Gasteiger partial charge is 0.393 e. The SMILES string of the molecule is Nc1nc(NC2CC2)c2ncn([C@H]3C=C[C@@H](CO)O3)c2n1. The van der Waals surface area contributed by atoms with Gasteiger partial charge in [0, 0.05) is 6.04 Å². The molecule has 1 saturated carbocycles. The summed E-state index contributed by atoms with van der Waals surface area (Å²) in [5.41, 5.74) is 7.10. The van der Waals surface area contributed by atoms with Gasteiger partial charge in [-0.1, -0.05) is 6.08 Å². The van der Waals surface area contributed by atoms with Crippen LogP contribution in [0, 0.1) is 0 Å². The zero-order valence-electron chi connectivity index (χ0n) is 11.3. The molecule has 0 aromatic carbocycles. The topological polar surface area (TPSA) is 111 Å².